The third-order valence-electron chi connectivity index (χ3n) is 3.98. The summed E-state index contributed by atoms with van der Waals surface area (Å²) in [6.45, 7) is 0. The van der Waals surface area contributed by atoms with Crippen LogP contribution in [0, 0.1) is 11.6 Å². The van der Waals surface area contributed by atoms with E-state index in [1.54, 1.807) is 0 Å². The van der Waals surface area contributed by atoms with Crippen LogP contribution in [0.15, 0.2) is 24.3 Å². The molecule has 26 heavy (non-hydrogen) atoms. The summed E-state index contributed by atoms with van der Waals surface area (Å²) in [5, 5.41) is 9.17. The van der Waals surface area contributed by atoms with Crippen molar-refractivity contribution >= 4 is 5.97 Å². The van der Waals surface area contributed by atoms with Crippen LogP contribution < -0.4 is 4.74 Å². The summed E-state index contributed by atoms with van der Waals surface area (Å²) in [5.41, 5.74) is -0.185. The first-order chi connectivity index (χ1) is 12.1. The second-order valence-electron chi connectivity index (χ2n) is 5.87. The van der Waals surface area contributed by atoms with E-state index in [0.29, 0.717) is 11.6 Å². The lowest BCUT2D eigenvalue weighted by atomic mass is 9.93. The van der Waals surface area contributed by atoms with Crippen LogP contribution in [-0.4, -0.2) is 28.3 Å². The Hall–Kier alpha value is -2.71. The maximum atomic E-state index is 14.1. The van der Waals surface area contributed by atoms with E-state index in [1.165, 1.54) is 0 Å². The van der Waals surface area contributed by atoms with E-state index in [2.05, 4.69) is 4.98 Å². The highest BCUT2D eigenvalue weighted by atomic mass is 19.4. The fraction of sp³-hybridized carbons (Fsp3) is 0.294. The molecule has 0 spiro atoms. The smallest absolute Gasteiger partial charge is 0.392 e. The number of fused-ring (bicyclic) bond motifs is 1. The van der Waals surface area contributed by atoms with Crippen LogP contribution >= 0.6 is 0 Å². The number of pyridine rings is 1. The first-order valence-electron chi connectivity index (χ1n) is 7.60. The predicted molar refractivity (Wildman–Crippen MR) is 80.0 cm³/mol. The molecule has 1 aromatic carbocycles. The van der Waals surface area contributed by atoms with E-state index in [9.17, 15) is 31.9 Å². The summed E-state index contributed by atoms with van der Waals surface area (Å²) >= 11 is 0. The lowest BCUT2D eigenvalue weighted by Gasteiger charge is -2.27. The third-order valence-corrected chi connectivity index (χ3v) is 3.98. The Morgan fingerprint density at radius 1 is 1.23 bits per heavy atom. The second kappa shape index (κ2) is 6.54. The monoisotopic (exact) mass is 373 g/mol. The number of benzene rings is 1. The van der Waals surface area contributed by atoms with E-state index in [4.69, 9.17) is 4.74 Å². The number of aromatic carboxylic acids is 1. The first kappa shape index (κ1) is 18.1. The van der Waals surface area contributed by atoms with Crippen LogP contribution in [0.3, 0.4) is 0 Å². The van der Waals surface area contributed by atoms with Crippen molar-refractivity contribution in [1.82, 2.24) is 4.98 Å². The Morgan fingerprint density at radius 3 is 2.58 bits per heavy atom. The van der Waals surface area contributed by atoms with Crippen molar-refractivity contribution in [2.75, 3.05) is 0 Å². The highest BCUT2D eigenvalue weighted by Crippen LogP contribution is 2.38. The van der Waals surface area contributed by atoms with Crippen molar-refractivity contribution in [3.63, 3.8) is 0 Å². The molecule has 1 N–H and O–H groups in total. The zero-order chi connectivity index (χ0) is 19.1. The minimum atomic E-state index is -4.45. The Bertz CT molecular complexity index is 866. The Kier molecular flexibility index (Phi) is 4.55. The number of aromatic nitrogens is 1. The molecule has 0 aliphatic carbocycles. The van der Waals surface area contributed by atoms with E-state index >= 15 is 0 Å². The third kappa shape index (κ3) is 3.76. The molecular formula is C17H12F5NO3. The average molecular weight is 373 g/mol. The number of halogens is 5. The maximum Gasteiger partial charge on any atom is 0.392 e. The van der Waals surface area contributed by atoms with Gasteiger partial charge in [-0.3, -0.25) is 0 Å². The number of hydrogen-bond acceptors (Lipinski definition) is 3. The van der Waals surface area contributed by atoms with Gasteiger partial charge in [-0.2, -0.15) is 13.2 Å². The molecule has 9 heteroatoms. The molecule has 0 amide bonds. The lowest BCUT2D eigenvalue weighted by molar-refractivity contribution is -0.152. The van der Waals surface area contributed by atoms with Crippen molar-refractivity contribution in [1.29, 1.82) is 0 Å². The van der Waals surface area contributed by atoms with Crippen molar-refractivity contribution < 1.29 is 36.6 Å². The summed E-state index contributed by atoms with van der Waals surface area (Å²) in [6.07, 6.45) is -6.75. The van der Waals surface area contributed by atoms with Crippen LogP contribution in [-0.2, 0) is 6.42 Å². The molecule has 1 aliphatic heterocycles. The van der Waals surface area contributed by atoms with E-state index in [0.717, 1.165) is 18.2 Å². The standard InChI is InChI=1S/C17H12F5NO3/c18-8-1-3-10(13(19)5-8)12-6-14(16(24)25)23-15-11(12)4-2-9(26-15)7-17(20,21)22/h1,3,5-6,9H,2,4,7H2,(H,24,25)/t9-/m0/s1. The molecule has 1 aromatic heterocycles. The summed E-state index contributed by atoms with van der Waals surface area (Å²) in [4.78, 5) is 15.0. The molecule has 2 aromatic rings. The van der Waals surface area contributed by atoms with E-state index in [1.807, 2.05) is 0 Å². The van der Waals surface area contributed by atoms with Gasteiger partial charge in [0.05, 0.1) is 6.42 Å². The normalized spacial score (nSPS) is 16.7. The minimum Gasteiger partial charge on any atom is -0.477 e. The molecule has 0 unspecified atom stereocenters. The van der Waals surface area contributed by atoms with Crippen LogP contribution in [0.4, 0.5) is 22.0 Å². The van der Waals surface area contributed by atoms with Crippen LogP contribution in [0.1, 0.15) is 28.9 Å². The van der Waals surface area contributed by atoms with Gasteiger partial charge >= 0.3 is 12.1 Å². The number of hydrogen-bond donors (Lipinski definition) is 1. The molecule has 0 bridgehead atoms. The van der Waals surface area contributed by atoms with Crippen LogP contribution in [0.5, 0.6) is 5.88 Å². The summed E-state index contributed by atoms with van der Waals surface area (Å²) in [6, 6.07) is 3.87. The summed E-state index contributed by atoms with van der Waals surface area (Å²) < 4.78 is 70.3. The van der Waals surface area contributed by atoms with Crippen LogP contribution in [0.25, 0.3) is 11.1 Å². The van der Waals surface area contributed by atoms with Gasteiger partial charge in [0.25, 0.3) is 0 Å². The second-order valence-corrected chi connectivity index (χ2v) is 5.87. The predicted octanol–water partition coefficient (Wildman–Crippen LogP) is 4.37. The van der Waals surface area contributed by atoms with Gasteiger partial charge in [0.15, 0.2) is 5.69 Å². The number of carboxylic acid groups (broad SMARTS) is 1. The molecule has 0 saturated carbocycles. The number of ether oxygens (including phenoxy) is 1. The fourth-order valence-electron chi connectivity index (χ4n) is 2.87. The van der Waals surface area contributed by atoms with Gasteiger partial charge in [0.2, 0.25) is 5.88 Å². The molecule has 0 saturated heterocycles. The number of nitrogens with zero attached hydrogens (tertiary/aromatic N) is 1. The Balaban J connectivity index is 2.08. The first-order valence-corrected chi connectivity index (χ1v) is 7.60. The minimum absolute atomic E-state index is 0.0103. The molecule has 138 valence electrons. The van der Waals surface area contributed by atoms with Gasteiger partial charge in [-0.05, 0) is 36.6 Å². The molecule has 1 atom stereocenters. The van der Waals surface area contributed by atoms with E-state index < -0.39 is 42.0 Å². The quantitative estimate of drug-likeness (QED) is 0.812. The SMILES string of the molecule is O=C(O)c1cc(-c2ccc(F)cc2F)c2c(n1)O[C@H](CC(F)(F)F)CC2. The van der Waals surface area contributed by atoms with Crippen LogP contribution in [0.2, 0.25) is 0 Å². The van der Waals surface area contributed by atoms with Crippen molar-refractivity contribution in [3.8, 4) is 17.0 Å². The van der Waals surface area contributed by atoms with E-state index in [-0.39, 0.29) is 29.8 Å². The zero-order valence-electron chi connectivity index (χ0n) is 13.1. The average Bonchev–Trinajstić information content (AvgIpc) is 2.52. The van der Waals surface area contributed by atoms with Crippen molar-refractivity contribution in [2.45, 2.75) is 31.5 Å². The lowest BCUT2D eigenvalue weighted by Crippen LogP contribution is -2.29. The highest BCUT2D eigenvalue weighted by molar-refractivity contribution is 5.88. The van der Waals surface area contributed by atoms with Crippen molar-refractivity contribution in [2.24, 2.45) is 0 Å². The molecule has 0 fully saturated rings. The largest absolute Gasteiger partial charge is 0.477 e. The van der Waals surface area contributed by atoms with Gasteiger partial charge in [-0.25, -0.2) is 18.6 Å². The van der Waals surface area contributed by atoms with Gasteiger partial charge in [0, 0.05) is 17.2 Å². The zero-order valence-corrected chi connectivity index (χ0v) is 13.1. The Morgan fingerprint density at radius 2 is 1.96 bits per heavy atom. The molecule has 3 rings (SSSR count). The van der Waals surface area contributed by atoms with Crippen molar-refractivity contribution in [3.05, 3.63) is 47.2 Å². The number of carbonyl (C=O) groups is 1. The number of carboxylic acids is 1. The summed E-state index contributed by atoms with van der Waals surface area (Å²) in [5.74, 6) is -3.46. The molecule has 4 nitrogen and oxygen atoms in total. The molecule has 0 radical (unpaired) electrons. The van der Waals surface area contributed by atoms with Gasteiger partial charge in [0.1, 0.15) is 17.7 Å². The van der Waals surface area contributed by atoms with Gasteiger partial charge < -0.3 is 9.84 Å². The molecule has 2 heterocycles. The number of rotatable bonds is 3. The topological polar surface area (TPSA) is 59.4 Å². The number of alkyl halides is 3. The fourth-order valence-corrected chi connectivity index (χ4v) is 2.87. The Labute approximate surface area is 144 Å². The molecule has 1 aliphatic rings. The summed E-state index contributed by atoms with van der Waals surface area (Å²) in [7, 11) is 0. The highest BCUT2D eigenvalue weighted by Gasteiger charge is 2.36. The van der Waals surface area contributed by atoms with Gasteiger partial charge in [-0.15, -0.1) is 0 Å². The van der Waals surface area contributed by atoms with Gasteiger partial charge in [-0.1, -0.05) is 0 Å². The molecular weight excluding hydrogens is 361 g/mol. The maximum absolute atomic E-state index is 14.1.